The van der Waals surface area contributed by atoms with E-state index in [4.69, 9.17) is 0 Å². The molecule has 1 heterocycles. The van der Waals surface area contributed by atoms with Gasteiger partial charge in [-0.25, -0.2) is 0 Å². The number of aryl methyl sites for hydroxylation is 1. The number of aromatic nitrogens is 1. The van der Waals surface area contributed by atoms with Crippen LogP contribution in [0.15, 0.2) is 18.3 Å². The Morgan fingerprint density at radius 2 is 2.17 bits per heavy atom. The van der Waals surface area contributed by atoms with E-state index in [1.165, 1.54) is 24.1 Å². The summed E-state index contributed by atoms with van der Waals surface area (Å²) in [7, 11) is 0. The fourth-order valence-corrected chi connectivity index (χ4v) is 1.59. The van der Waals surface area contributed by atoms with Gasteiger partial charge in [-0.05, 0) is 37.3 Å². The first-order valence-electron chi connectivity index (χ1n) is 4.70. The molecular formula is C11H15N. The van der Waals surface area contributed by atoms with E-state index in [2.05, 4.69) is 31.0 Å². The Morgan fingerprint density at radius 1 is 1.42 bits per heavy atom. The summed E-state index contributed by atoms with van der Waals surface area (Å²) in [6.07, 6.45) is 4.77. The molecule has 0 spiro atoms. The van der Waals surface area contributed by atoms with Crippen LogP contribution in [-0.4, -0.2) is 4.98 Å². The van der Waals surface area contributed by atoms with Crippen LogP contribution in [0.25, 0.3) is 0 Å². The number of rotatable bonds is 2. The van der Waals surface area contributed by atoms with Crippen LogP contribution >= 0.6 is 0 Å². The van der Waals surface area contributed by atoms with Gasteiger partial charge in [-0.1, -0.05) is 13.0 Å². The molecule has 0 amide bonds. The van der Waals surface area contributed by atoms with Crippen LogP contribution in [0.3, 0.4) is 0 Å². The standard InChI is InChI=1S/C11H15N/c1-8-3-6-11(12-7-8)9(2)10-4-5-10/h3,6-7,9-10H,4-5H2,1-2H3. The third-order valence-electron chi connectivity index (χ3n) is 2.73. The molecule has 64 valence electrons. The van der Waals surface area contributed by atoms with Crippen LogP contribution in [0.4, 0.5) is 0 Å². The van der Waals surface area contributed by atoms with Crippen molar-refractivity contribution in [1.82, 2.24) is 4.98 Å². The largest absolute Gasteiger partial charge is 0.261 e. The van der Waals surface area contributed by atoms with Gasteiger partial charge in [0.15, 0.2) is 0 Å². The maximum absolute atomic E-state index is 4.44. The highest BCUT2D eigenvalue weighted by atomic mass is 14.7. The molecule has 1 unspecified atom stereocenters. The molecule has 0 bridgehead atoms. The van der Waals surface area contributed by atoms with Gasteiger partial charge in [0.25, 0.3) is 0 Å². The van der Waals surface area contributed by atoms with Crippen molar-refractivity contribution in [1.29, 1.82) is 0 Å². The van der Waals surface area contributed by atoms with E-state index in [-0.39, 0.29) is 0 Å². The van der Waals surface area contributed by atoms with Crippen molar-refractivity contribution < 1.29 is 0 Å². The van der Waals surface area contributed by atoms with Crippen molar-refractivity contribution in [2.45, 2.75) is 32.6 Å². The summed E-state index contributed by atoms with van der Waals surface area (Å²) in [4.78, 5) is 4.44. The van der Waals surface area contributed by atoms with Crippen molar-refractivity contribution >= 4 is 0 Å². The average molecular weight is 161 g/mol. The molecule has 1 aliphatic rings. The minimum Gasteiger partial charge on any atom is -0.261 e. The average Bonchev–Trinajstić information content (AvgIpc) is 2.87. The minimum absolute atomic E-state index is 0.672. The van der Waals surface area contributed by atoms with Crippen molar-refractivity contribution in [2.24, 2.45) is 5.92 Å². The third kappa shape index (κ3) is 1.50. The highest BCUT2D eigenvalue weighted by Crippen LogP contribution is 2.41. The summed E-state index contributed by atoms with van der Waals surface area (Å²) >= 11 is 0. The minimum atomic E-state index is 0.672. The van der Waals surface area contributed by atoms with Gasteiger partial charge in [0.2, 0.25) is 0 Å². The summed E-state index contributed by atoms with van der Waals surface area (Å²) in [5, 5.41) is 0. The van der Waals surface area contributed by atoms with E-state index < -0.39 is 0 Å². The molecule has 0 N–H and O–H groups in total. The number of pyridine rings is 1. The van der Waals surface area contributed by atoms with Crippen LogP contribution in [-0.2, 0) is 0 Å². The summed E-state index contributed by atoms with van der Waals surface area (Å²) in [5.41, 5.74) is 2.52. The molecule has 1 saturated carbocycles. The highest BCUT2D eigenvalue weighted by Gasteiger charge is 2.29. The fourth-order valence-electron chi connectivity index (χ4n) is 1.59. The lowest BCUT2D eigenvalue weighted by atomic mass is 10.0. The van der Waals surface area contributed by atoms with E-state index in [0.717, 1.165) is 5.92 Å². The molecule has 1 nitrogen and oxygen atoms in total. The SMILES string of the molecule is Cc1ccc(C(C)C2CC2)nc1. The molecule has 0 aromatic carbocycles. The second-order valence-electron chi connectivity index (χ2n) is 3.89. The third-order valence-corrected chi connectivity index (χ3v) is 2.73. The molecule has 1 aromatic heterocycles. The number of hydrogen-bond donors (Lipinski definition) is 0. The van der Waals surface area contributed by atoms with Crippen LogP contribution in [0.5, 0.6) is 0 Å². The van der Waals surface area contributed by atoms with Gasteiger partial charge in [-0.2, -0.15) is 0 Å². The second-order valence-corrected chi connectivity index (χ2v) is 3.89. The smallest absolute Gasteiger partial charge is 0.0434 e. The second kappa shape index (κ2) is 2.89. The predicted molar refractivity (Wildman–Crippen MR) is 50.1 cm³/mol. The fraction of sp³-hybridized carbons (Fsp3) is 0.545. The molecule has 1 atom stereocenters. The van der Waals surface area contributed by atoms with Gasteiger partial charge >= 0.3 is 0 Å². The van der Waals surface area contributed by atoms with E-state index in [1.54, 1.807) is 0 Å². The van der Waals surface area contributed by atoms with Gasteiger partial charge in [0.05, 0.1) is 0 Å². The van der Waals surface area contributed by atoms with Gasteiger partial charge in [0, 0.05) is 17.8 Å². The van der Waals surface area contributed by atoms with Crippen LogP contribution < -0.4 is 0 Å². The summed E-state index contributed by atoms with van der Waals surface area (Å²) in [6, 6.07) is 4.32. The Bertz CT molecular complexity index is 259. The van der Waals surface area contributed by atoms with Crippen molar-refractivity contribution in [3.63, 3.8) is 0 Å². The summed E-state index contributed by atoms with van der Waals surface area (Å²) < 4.78 is 0. The Kier molecular flexibility index (Phi) is 1.87. The quantitative estimate of drug-likeness (QED) is 0.650. The van der Waals surface area contributed by atoms with Crippen LogP contribution in [0, 0.1) is 12.8 Å². The Labute approximate surface area is 73.8 Å². The maximum Gasteiger partial charge on any atom is 0.0434 e. The topological polar surface area (TPSA) is 12.9 Å². The van der Waals surface area contributed by atoms with Gasteiger partial charge < -0.3 is 0 Å². The zero-order valence-corrected chi connectivity index (χ0v) is 7.75. The molecule has 1 aromatic rings. The Hall–Kier alpha value is -0.850. The zero-order valence-electron chi connectivity index (χ0n) is 7.75. The summed E-state index contributed by atoms with van der Waals surface area (Å²) in [5.74, 6) is 1.59. The van der Waals surface area contributed by atoms with E-state index in [0.29, 0.717) is 5.92 Å². The molecule has 0 radical (unpaired) electrons. The van der Waals surface area contributed by atoms with E-state index in [9.17, 15) is 0 Å². The van der Waals surface area contributed by atoms with Gasteiger partial charge in [-0.15, -0.1) is 0 Å². The molecule has 2 rings (SSSR count). The highest BCUT2D eigenvalue weighted by molar-refractivity contribution is 5.16. The molecule has 12 heavy (non-hydrogen) atoms. The first-order valence-corrected chi connectivity index (χ1v) is 4.70. The molecule has 1 fully saturated rings. The molecule has 1 heteroatoms. The van der Waals surface area contributed by atoms with Crippen LogP contribution in [0.1, 0.15) is 36.9 Å². The maximum atomic E-state index is 4.44. The van der Waals surface area contributed by atoms with Crippen LogP contribution in [0.2, 0.25) is 0 Å². The normalized spacial score (nSPS) is 19.2. The van der Waals surface area contributed by atoms with Crippen molar-refractivity contribution in [3.8, 4) is 0 Å². The first-order chi connectivity index (χ1) is 5.77. The van der Waals surface area contributed by atoms with Gasteiger partial charge in [0.1, 0.15) is 0 Å². The number of nitrogens with zero attached hydrogens (tertiary/aromatic N) is 1. The van der Waals surface area contributed by atoms with E-state index in [1.807, 2.05) is 6.20 Å². The summed E-state index contributed by atoms with van der Waals surface area (Å²) in [6.45, 7) is 4.37. The molecule has 0 saturated heterocycles. The molecule has 0 aliphatic heterocycles. The lowest BCUT2D eigenvalue weighted by Gasteiger charge is -2.08. The monoisotopic (exact) mass is 161 g/mol. The Balaban J connectivity index is 2.16. The van der Waals surface area contributed by atoms with Gasteiger partial charge in [-0.3, -0.25) is 4.98 Å². The number of hydrogen-bond acceptors (Lipinski definition) is 1. The Morgan fingerprint density at radius 3 is 2.67 bits per heavy atom. The first kappa shape index (κ1) is 7.78. The van der Waals surface area contributed by atoms with Crippen molar-refractivity contribution in [3.05, 3.63) is 29.6 Å². The lowest BCUT2D eigenvalue weighted by Crippen LogP contribution is -1.98. The van der Waals surface area contributed by atoms with E-state index >= 15 is 0 Å². The van der Waals surface area contributed by atoms with Crippen molar-refractivity contribution in [2.75, 3.05) is 0 Å². The molecular weight excluding hydrogens is 146 g/mol. The predicted octanol–water partition coefficient (Wildman–Crippen LogP) is 2.90. The zero-order chi connectivity index (χ0) is 8.55. The molecule has 1 aliphatic carbocycles. The lowest BCUT2D eigenvalue weighted by molar-refractivity contribution is 0.643.